The van der Waals surface area contributed by atoms with Crippen molar-refractivity contribution in [3.05, 3.63) is 87.7 Å². The second-order valence-corrected chi connectivity index (χ2v) is 6.55. The molecule has 10 heteroatoms. The fraction of sp³-hybridized carbons (Fsp3) is 0.100. The summed E-state index contributed by atoms with van der Waals surface area (Å²) in [6.45, 7) is -0.323. The highest BCUT2D eigenvalue weighted by Crippen LogP contribution is 2.30. The minimum Gasteiger partial charge on any atom is -0.350 e. The first-order valence-corrected chi connectivity index (χ1v) is 8.95. The van der Waals surface area contributed by atoms with E-state index >= 15 is 0 Å². The van der Waals surface area contributed by atoms with Gasteiger partial charge in [0.2, 0.25) is 5.91 Å². The van der Waals surface area contributed by atoms with Crippen LogP contribution in [0.4, 0.5) is 5.69 Å². The summed E-state index contributed by atoms with van der Waals surface area (Å²) in [5, 5.41) is 17.9. The standard InChI is InChI=1S/C20H15N5O5/c26-17(21-11-13-5-7-14(8-6-13)24-10-2-9-22-24)12-23-19(27)15-3-1-4-16(25(29)30)18(15)20(23)28/h1-10H,11-12H2,(H,21,26). The van der Waals surface area contributed by atoms with Crippen molar-refractivity contribution in [3.8, 4) is 5.69 Å². The molecule has 10 nitrogen and oxygen atoms in total. The zero-order valence-corrected chi connectivity index (χ0v) is 15.5. The van der Waals surface area contributed by atoms with E-state index in [0.717, 1.165) is 17.3 Å². The molecule has 4 rings (SSSR count). The molecular weight excluding hydrogens is 390 g/mol. The van der Waals surface area contributed by atoms with Crippen LogP contribution in [0, 0.1) is 10.1 Å². The Labute approximate surface area is 169 Å². The lowest BCUT2D eigenvalue weighted by molar-refractivity contribution is -0.385. The zero-order valence-electron chi connectivity index (χ0n) is 15.5. The molecule has 3 amide bonds. The van der Waals surface area contributed by atoms with Gasteiger partial charge in [-0.15, -0.1) is 0 Å². The van der Waals surface area contributed by atoms with Crippen molar-refractivity contribution in [2.24, 2.45) is 0 Å². The van der Waals surface area contributed by atoms with E-state index in [1.54, 1.807) is 10.9 Å². The maximum Gasteiger partial charge on any atom is 0.282 e. The Hall–Kier alpha value is -4.34. The Morgan fingerprint density at radius 2 is 1.83 bits per heavy atom. The second-order valence-electron chi connectivity index (χ2n) is 6.55. The molecule has 2 heterocycles. The highest BCUT2D eigenvalue weighted by atomic mass is 16.6. The first kappa shape index (κ1) is 19.0. The Balaban J connectivity index is 1.40. The molecule has 0 unspecified atom stereocenters. The van der Waals surface area contributed by atoms with Crippen molar-refractivity contribution in [1.29, 1.82) is 0 Å². The van der Waals surface area contributed by atoms with Gasteiger partial charge in [-0.1, -0.05) is 18.2 Å². The SMILES string of the molecule is O=C(CN1C(=O)c2cccc([N+](=O)[O-])c2C1=O)NCc1ccc(-n2cccn2)cc1. The monoisotopic (exact) mass is 405 g/mol. The van der Waals surface area contributed by atoms with Crippen LogP contribution in [0.25, 0.3) is 5.69 Å². The minimum atomic E-state index is -0.846. The predicted octanol–water partition coefficient (Wildman–Crippen LogP) is 1.69. The highest BCUT2D eigenvalue weighted by Gasteiger charge is 2.41. The van der Waals surface area contributed by atoms with Gasteiger partial charge in [0.15, 0.2) is 0 Å². The molecule has 1 N–H and O–H groups in total. The quantitative estimate of drug-likeness (QED) is 0.378. The number of hydrogen-bond donors (Lipinski definition) is 1. The highest BCUT2D eigenvalue weighted by molar-refractivity contribution is 6.24. The summed E-state index contributed by atoms with van der Waals surface area (Å²) in [7, 11) is 0. The molecule has 0 bridgehead atoms. The molecule has 0 saturated heterocycles. The van der Waals surface area contributed by atoms with Gasteiger partial charge in [-0.2, -0.15) is 5.10 Å². The Bertz CT molecular complexity index is 1150. The number of hydrogen-bond acceptors (Lipinski definition) is 6. The van der Waals surface area contributed by atoms with Gasteiger partial charge in [0.1, 0.15) is 12.1 Å². The molecule has 0 fully saturated rings. The third kappa shape index (κ3) is 3.41. The van der Waals surface area contributed by atoms with Crippen LogP contribution in [0.5, 0.6) is 0 Å². The largest absolute Gasteiger partial charge is 0.350 e. The number of nitro groups is 1. The Morgan fingerprint density at radius 1 is 1.07 bits per heavy atom. The van der Waals surface area contributed by atoms with Gasteiger partial charge in [0.25, 0.3) is 17.5 Å². The summed E-state index contributed by atoms with van der Waals surface area (Å²) in [5.41, 5.74) is 0.872. The van der Waals surface area contributed by atoms with Crippen LogP contribution >= 0.6 is 0 Å². The molecule has 2 aromatic carbocycles. The van der Waals surface area contributed by atoms with Crippen LogP contribution in [-0.4, -0.2) is 43.9 Å². The van der Waals surface area contributed by atoms with E-state index in [2.05, 4.69) is 10.4 Å². The average Bonchev–Trinajstić information content (AvgIpc) is 3.36. The van der Waals surface area contributed by atoms with Gasteiger partial charge in [-0.05, 0) is 29.8 Å². The molecule has 1 aromatic heterocycles. The number of aromatic nitrogens is 2. The molecule has 0 spiro atoms. The van der Waals surface area contributed by atoms with E-state index in [1.807, 2.05) is 36.5 Å². The minimum absolute atomic E-state index is 0.0730. The van der Waals surface area contributed by atoms with Crippen LogP contribution in [0.3, 0.4) is 0 Å². The van der Waals surface area contributed by atoms with E-state index in [0.29, 0.717) is 4.90 Å². The Kier molecular flexibility index (Phi) is 4.80. The van der Waals surface area contributed by atoms with Crippen LogP contribution in [0.1, 0.15) is 26.3 Å². The summed E-state index contributed by atoms with van der Waals surface area (Å²) in [4.78, 5) is 48.4. The molecule has 1 aliphatic rings. The smallest absolute Gasteiger partial charge is 0.282 e. The van der Waals surface area contributed by atoms with Crippen LogP contribution < -0.4 is 5.32 Å². The zero-order chi connectivity index (χ0) is 21.3. The molecule has 0 radical (unpaired) electrons. The number of carbonyl (C=O) groups is 3. The van der Waals surface area contributed by atoms with Crippen molar-refractivity contribution in [2.75, 3.05) is 6.54 Å². The van der Waals surface area contributed by atoms with Gasteiger partial charge in [0.05, 0.1) is 16.2 Å². The molecule has 0 atom stereocenters. The first-order chi connectivity index (χ1) is 14.5. The topological polar surface area (TPSA) is 127 Å². The Morgan fingerprint density at radius 3 is 2.50 bits per heavy atom. The lowest BCUT2D eigenvalue weighted by Crippen LogP contribution is -2.40. The number of fused-ring (bicyclic) bond motifs is 1. The van der Waals surface area contributed by atoms with Crippen molar-refractivity contribution in [3.63, 3.8) is 0 Å². The molecule has 3 aromatic rings. The van der Waals surface area contributed by atoms with Gasteiger partial charge < -0.3 is 5.32 Å². The van der Waals surface area contributed by atoms with Crippen molar-refractivity contribution in [1.82, 2.24) is 20.0 Å². The number of nitrogens with zero attached hydrogens (tertiary/aromatic N) is 4. The lowest BCUT2D eigenvalue weighted by Gasteiger charge is -2.13. The van der Waals surface area contributed by atoms with Gasteiger partial charge in [0, 0.05) is 25.0 Å². The number of nitrogens with one attached hydrogen (secondary N) is 1. The number of amides is 3. The summed E-state index contributed by atoms with van der Waals surface area (Å²) in [6.07, 6.45) is 3.48. The summed E-state index contributed by atoms with van der Waals surface area (Å²) in [6, 6.07) is 13.0. The molecule has 0 aliphatic carbocycles. The number of nitro benzene ring substituents is 1. The van der Waals surface area contributed by atoms with E-state index < -0.39 is 34.9 Å². The van der Waals surface area contributed by atoms with Crippen LogP contribution in [-0.2, 0) is 11.3 Å². The fourth-order valence-corrected chi connectivity index (χ4v) is 3.20. The maximum atomic E-state index is 12.5. The number of rotatable bonds is 6. The fourth-order valence-electron chi connectivity index (χ4n) is 3.20. The second kappa shape index (κ2) is 7.59. The van der Waals surface area contributed by atoms with Crippen molar-refractivity contribution >= 4 is 23.4 Å². The number of benzene rings is 2. The van der Waals surface area contributed by atoms with E-state index in [9.17, 15) is 24.5 Å². The van der Waals surface area contributed by atoms with Gasteiger partial charge in [-0.25, -0.2) is 4.68 Å². The van der Waals surface area contributed by atoms with Gasteiger partial charge >= 0.3 is 0 Å². The molecule has 30 heavy (non-hydrogen) atoms. The van der Waals surface area contributed by atoms with Crippen LogP contribution in [0.2, 0.25) is 0 Å². The average molecular weight is 405 g/mol. The maximum absolute atomic E-state index is 12.5. The summed E-state index contributed by atoms with van der Waals surface area (Å²) >= 11 is 0. The van der Waals surface area contributed by atoms with Crippen LogP contribution in [0.15, 0.2) is 60.9 Å². The van der Waals surface area contributed by atoms with E-state index in [1.165, 1.54) is 12.1 Å². The van der Waals surface area contributed by atoms with Gasteiger partial charge in [-0.3, -0.25) is 29.4 Å². The summed E-state index contributed by atoms with van der Waals surface area (Å²) < 4.78 is 1.70. The predicted molar refractivity (Wildman–Crippen MR) is 104 cm³/mol. The van der Waals surface area contributed by atoms with Crippen molar-refractivity contribution < 1.29 is 19.3 Å². The summed E-state index contributed by atoms with van der Waals surface area (Å²) in [5.74, 6) is -2.12. The first-order valence-electron chi connectivity index (χ1n) is 8.95. The molecule has 1 aliphatic heterocycles. The normalized spacial score (nSPS) is 12.7. The van der Waals surface area contributed by atoms with Crippen molar-refractivity contribution in [2.45, 2.75) is 6.54 Å². The molecule has 150 valence electrons. The third-order valence-electron chi connectivity index (χ3n) is 4.67. The molecule has 0 saturated carbocycles. The lowest BCUT2D eigenvalue weighted by atomic mass is 10.1. The number of imide groups is 1. The third-order valence-corrected chi connectivity index (χ3v) is 4.67. The van der Waals surface area contributed by atoms with E-state index in [-0.39, 0.29) is 17.7 Å². The van der Waals surface area contributed by atoms with E-state index in [4.69, 9.17) is 0 Å². The molecular formula is C20H15N5O5. The number of carbonyl (C=O) groups excluding carboxylic acids is 3.